The van der Waals surface area contributed by atoms with Crippen LogP contribution in [0.1, 0.15) is 19.4 Å². The Morgan fingerprint density at radius 2 is 1.83 bits per heavy atom. The summed E-state index contributed by atoms with van der Waals surface area (Å²) in [5.41, 5.74) is 1.14. The molecule has 9 nitrogen and oxygen atoms in total. The van der Waals surface area contributed by atoms with E-state index in [2.05, 4.69) is 0 Å². The zero-order valence-electron chi connectivity index (χ0n) is 19.7. The van der Waals surface area contributed by atoms with E-state index in [0.717, 1.165) is 10.9 Å². The highest BCUT2D eigenvalue weighted by atomic mass is 16.5. The van der Waals surface area contributed by atoms with Crippen LogP contribution in [-0.2, 0) is 16.2 Å². The van der Waals surface area contributed by atoms with Crippen LogP contribution in [0.3, 0.4) is 0 Å². The molecule has 1 fully saturated rings. The minimum absolute atomic E-state index is 0.0201. The van der Waals surface area contributed by atoms with Gasteiger partial charge in [-0.1, -0.05) is 25.1 Å². The van der Waals surface area contributed by atoms with E-state index in [9.17, 15) is 24.6 Å². The van der Waals surface area contributed by atoms with Crippen LogP contribution in [0.4, 0.5) is 0 Å². The molecule has 186 valence electrons. The number of rotatable bonds is 8. The van der Waals surface area contributed by atoms with Gasteiger partial charge < -0.3 is 29.0 Å². The van der Waals surface area contributed by atoms with Crippen molar-refractivity contribution in [1.82, 2.24) is 4.90 Å². The second kappa shape index (κ2) is 9.16. The summed E-state index contributed by atoms with van der Waals surface area (Å²) in [5.74, 6) is -1.45. The number of nitrogens with zero attached hydrogens (tertiary/aromatic N) is 1. The van der Waals surface area contributed by atoms with Gasteiger partial charge in [-0.3, -0.25) is 4.79 Å². The summed E-state index contributed by atoms with van der Waals surface area (Å²) in [6.45, 7) is 3.53. The molecule has 0 radical (unpaired) electrons. The van der Waals surface area contributed by atoms with Crippen molar-refractivity contribution in [1.29, 1.82) is 0 Å². The molecule has 2 aliphatic heterocycles. The monoisotopic (exact) mass is 491 g/mol. The Morgan fingerprint density at radius 3 is 2.58 bits per heavy atom. The van der Waals surface area contributed by atoms with E-state index in [1.54, 1.807) is 43.3 Å². The molecule has 0 aliphatic carbocycles. The number of aliphatic hydroxyl groups excluding tert-OH is 1. The number of benzene rings is 2. The Labute approximate surface area is 206 Å². The lowest BCUT2D eigenvalue weighted by atomic mass is 9.78. The second-order valence-corrected chi connectivity index (χ2v) is 9.07. The van der Waals surface area contributed by atoms with Gasteiger partial charge in [0.1, 0.15) is 36.0 Å². The van der Waals surface area contributed by atoms with Crippen LogP contribution in [0.25, 0.3) is 11.0 Å². The van der Waals surface area contributed by atoms with Crippen molar-refractivity contribution < 1.29 is 33.7 Å². The summed E-state index contributed by atoms with van der Waals surface area (Å²) in [4.78, 5) is 37.3. The second-order valence-electron chi connectivity index (χ2n) is 9.07. The van der Waals surface area contributed by atoms with Crippen molar-refractivity contribution in [2.24, 2.45) is 11.8 Å². The molecule has 4 atom stereocenters. The van der Waals surface area contributed by atoms with Gasteiger partial charge in [-0.05, 0) is 31.2 Å². The van der Waals surface area contributed by atoms with Crippen molar-refractivity contribution in [2.45, 2.75) is 32.6 Å². The van der Waals surface area contributed by atoms with E-state index in [-0.39, 0.29) is 30.7 Å². The van der Waals surface area contributed by atoms with Crippen LogP contribution < -0.4 is 15.1 Å². The fourth-order valence-electron chi connectivity index (χ4n) is 5.05. The molecule has 0 bridgehead atoms. The first kappa shape index (κ1) is 23.6. The lowest BCUT2D eigenvalue weighted by Crippen LogP contribution is -2.63. The maximum absolute atomic E-state index is 12.5. The van der Waals surface area contributed by atoms with Gasteiger partial charge in [0.25, 0.3) is 0 Å². The van der Waals surface area contributed by atoms with Gasteiger partial charge in [-0.25, -0.2) is 9.59 Å². The fourth-order valence-corrected chi connectivity index (χ4v) is 5.05. The molecule has 1 aromatic heterocycles. The third-order valence-corrected chi connectivity index (χ3v) is 6.86. The molecule has 0 saturated carbocycles. The Bertz CT molecular complexity index is 1440. The lowest BCUT2D eigenvalue weighted by Gasteiger charge is -2.46. The third-order valence-electron chi connectivity index (χ3n) is 6.86. The summed E-state index contributed by atoms with van der Waals surface area (Å²) in [6, 6.07) is 15.1. The number of ether oxygens (including phenoxy) is 2. The molecule has 3 aromatic rings. The first-order valence-electron chi connectivity index (χ1n) is 11.6. The van der Waals surface area contributed by atoms with Crippen LogP contribution in [-0.4, -0.2) is 45.7 Å². The van der Waals surface area contributed by atoms with Crippen LogP contribution in [0, 0.1) is 11.8 Å². The lowest BCUT2D eigenvalue weighted by molar-refractivity contribution is -0.163. The number of β-lactam (4-membered cyclic amide) rings is 1. The Morgan fingerprint density at radius 1 is 1.08 bits per heavy atom. The summed E-state index contributed by atoms with van der Waals surface area (Å²) in [5, 5.41) is 20.6. The molecule has 2 N–H and O–H groups in total. The zero-order chi connectivity index (χ0) is 25.6. The normalized spacial score (nSPS) is 21.8. The number of carbonyl (C=O) groups excluding carboxylic acids is 1. The topological polar surface area (TPSA) is 127 Å². The van der Waals surface area contributed by atoms with E-state index in [1.807, 2.05) is 19.1 Å². The summed E-state index contributed by atoms with van der Waals surface area (Å²) < 4.78 is 17.2. The number of amides is 1. The number of aliphatic carboxylic acids is 1. The number of carbonyl (C=O) groups is 2. The Balaban J connectivity index is 1.33. The largest absolute Gasteiger partial charge is 0.489 e. The average Bonchev–Trinajstić information content (AvgIpc) is 3.09. The zero-order valence-corrected chi connectivity index (χ0v) is 19.7. The fraction of sp³-hybridized carbons (Fsp3) is 0.296. The third kappa shape index (κ3) is 4.01. The van der Waals surface area contributed by atoms with Gasteiger partial charge in [0.15, 0.2) is 0 Å². The molecule has 2 aromatic carbocycles. The molecule has 5 rings (SSSR count). The quantitative estimate of drug-likeness (QED) is 0.364. The molecular weight excluding hydrogens is 466 g/mol. The highest BCUT2D eigenvalue weighted by Gasteiger charge is 2.59. The molecular formula is C27H25NO8. The van der Waals surface area contributed by atoms with Crippen molar-refractivity contribution in [3.63, 3.8) is 0 Å². The standard InChI is InChI=1S/C27H25NO8/c1-14-19(25(27(32)33)28-24(14)23(15(2)29)26(28)31)13-35-20-6-4-3-5-17(20)12-34-18-9-7-16-8-10-22(30)36-21(16)11-18/h3-11,14-15,23-24,29H,12-13H2,1-2H3,(H,32,33)/t14-,15?,23+,24+/m0/s1. The smallest absolute Gasteiger partial charge is 0.352 e. The number of para-hydroxylation sites is 1. The Hall–Kier alpha value is -4.11. The van der Waals surface area contributed by atoms with Gasteiger partial charge in [-0.2, -0.15) is 0 Å². The maximum atomic E-state index is 12.5. The molecule has 36 heavy (non-hydrogen) atoms. The van der Waals surface area contributed by atoms with Crippen molar-refractivity contribution in [3.8, 4) is 11.5 Å². The van der Waals surface area contributed by atoms with Gasteiger partial charge in [-0.15, -0.1) is 0 Å². The molecule has 1 amide bonds. The Kier molecular flexibility index (Phi) is 6.01. The number of hydrogen-bond acceptors (Lipinski definition) is 7. The predicted molar refractivity (Wildman–Crippen MR) is 128 cm³/mol. The summed E-state index contributed by atoms with van der Waals surface area (Å²) in [7, 11) is 0. The molecule has 9 heteroatoms. The first-order chi connectivity index (χ1) is 17.3. The van der Waals surface area contributed by atoms with Gasteiger partial charge in [0, 0.05) is 34.6 Å². The minimum atomic E-state index is -1.19. The SMILES string of the molecule is CC(O)[C@H]1C(=O)N2C(C(=O)O)=C(COc3ccccc3COc3ccc4ccc(=O)oc4c3)[C@H](C)[C@H]12. The molecule has 1 unspecified atom stereocenters. The number of hydrogen-bond donors (Lipinski definition) is 2. The number of carboxylic acids is 1. The van der Waals surface area contributed by atoms with Crippen LogP contribution >= 0.6 is 0 Å². The molecule has 0 spiro atoms. The number of fused-ring (bicyclic) bond motifs is 2. The minimum Gasteiger partial charge on any atom is -0.489 e. The van der Waals surface area contributed by atoms with Gasteiger partial charge >= 0.3 is 11.6 Å². The summed E-state index contributed by atoms with van der Waals surface area (Å²) in [6.07, 6.45) is -0.863. The van der Waals surface area contributed by atoms with E-state index < -0.39 is 29.7 Å². The van der Waals surface area contributed by atoms with E-state index in [0.29, 0.717) is 22.7 Å². The molecule has 2 aliphatic rings. The van der Waals surface area contributed by atoms with E-state index in [4.69, 9.17) is 13.9 Å². The van der Waals surface area contributed by atoms with E-state index in [1.165, 1.54) is 11.0 Å². The van der Waals surface area contributed by atoms with Crippen LogP contribution in [0.15, 0.2) is 75.1 Å². The number of aliphatic hydroxyl groups is 1. The molecule has 3 heterocycles. The van der Waals surface area contributed by atoms with Crippen molar-refractivity contribution in [3.05, 3.63) is 81.9 Å². The highest BCUT2D eigenvalue weighted by Crippen LogP contribution is 2.47. The average molecular weight is 491 g/mol. The maximum Gasteiger partial charge on any atom is 0.352 e. The van der Waals surface area contributed by atoms with Crippen molar-refractivity contribution in [2.75, 3.05) is 6.61 Å². The van der Waals surface area contributed by atoms with Crippen LogP contribution in [0.5, 0.6) is 11.5 Å². The van der Waals surface area contributed by atoms with Crippen LogP contribution in [0.2, 0.25) is 0 Å². The predicted octanol–water partition coefficient (Wildman–Crippen LogP) is 2.95. The van der Waals surface area contributed by atoms with Gasteiger partial charge in [0.05, 0.1) is 18.1 Å². The first-order valence-corrected chi connectivity index (χ1v) is 11.6. The summed E-state index contributed by atoms with van der Waals surface area (Å²) >= 11 is 0. The van der Waals surface area contributed by atoms with E-state index >= 15 is 0 Å². The number of carboxylic acid groups (broad SMARTS) is 1. The molecule has 1 saturated heterocycles. The van der Waals surface area contributed by atoms with Crippen molar-refractivity contribution >= 4 is 22.8 Å². The highest BCUT2D eigenvalue weighted by molar-refractivity contribution is 6.00. The van der Waals surface area contributed by atoms with Gasteiger partial charge in [0.2, 0.25) is 5.91 Å².